The molecule has 0 aliphatic carbocycles. The first kappa shape index (κ1) is 21.6. The Morgan fingerprint density at radius 2 is 1.94 bits per heavy atom. The van der Waals surface area contributed by atoms with Crippen molar-refractivity contribution in [2.45, 2.75) is 20.1 Å². The third-order valence-corrected chi connectivity index (χ3v) is 5.72. The number of H-pyrrole nitrogens is 1. The van der Waals surface area contributed by atoms with Crippen LogP contribution in [0.4, 0.5) is 17.2 Å². The zero-order chi connectivity index (χ0) is 23.7. The highest BCUT2D eigenvalue weighted by Crippen LogP contribution is 2.30. The zero-order valence-corrected chi connectivity index (χ0v) is 19.4. The molecule has 34 heavy (non-hydrogen) atoms. The van der Waals surface area contributed by atoms with E-state index in [4.69, 9.17) is 4.98 Å². The van der Waals surface area contributed by atoms with Crippen LogP contribution in [0.2, 0.25) is 0 Å². The van der Waals surface area contributed by atoms with E-state index < -0.39 is 10.0 Å². The van der Waals surface area contributed by atoms with E-state index >= 15 is 0 Å². The standard InChI is InChI=1S/C22H23N9O2S/c1-15-5-3-8-18(26-15)21-22(30-10-9-20-24-13-25-31(20)14-30)28-19(27-21)12-23-16-6-4-7-17(11-16)29-34(2,32)33/h3-11,13,23,29H,12,14H2,1-2H3,(H,27,28). The molecule has 0 spiro atoms. The van der Waals surface area contributed by atoms with E-state index in [2.05, 4.69) is 30.1 Å². The first-order chi connectivity index (χ1) is 16.3. The summed E-state index contributed by atoms with van der Waals surface area (Å²) in [5.74, 6) is 2.21. The van der Waals surface area contributed by atoms with Gasteiger partial charge in [-0.1, -0.05) is 12.1 Å². The molecule has 0 atom stereocenters. The van der Waals surface area contributed by atoms with E-state index in [-0.39, 0.29) is 0 Å². The molecule has 4 aromatic rings. The van der Waals surface area contributed by atoms with Crippen LogP contribution in [0, 0.1) is 6.92 Å². The number of aryl methyl sites for hydroxylation is 1. The van der Waals surface area contributed by atoms with Crippen molar-refractivity contribution in [1.29, 1.82) is 0 Å². The van der Waals surface area contributed by atoms with Gasteiger partial charge in [0.2, 0.25) is 10.0 Å². The summed E-state index contributed by atoms with van der Waals surface area (Å²) >= 11 is 0. The van der Waals surface area contributed by atoms with Gasteiger partial charge in [0, 0.05) is 17.6 Å². The molecule has 3 aromatic heterocycles. The van der Waals surface area contributed by atoms with Crippen LogP contribution in [0.1, 0.15) is 17.3 Å². The van der Waals surface area contributed by atoms with Gasteiger partial charge in [0.05, 0.1) is 24.2 Å². The highest BCUT2D eigenvalue weighted by atomic mass is 32.2. The monoisotopic (exact) mass is 477 g/mol. The van der Waals surface area contributed by atoms with Crippen molar-refractivity contribution in [3.63, 3.8) is 0 Å². The van der Waals surface area contributed by atoms with Gasteiger partial charge in [-0.15, -0.1) is 0 Å². The molecule has 0 bridgehead atoms. The lowest BCUT2D eigenvalue weighted by atomic mass is 10.2. The molecule has 1 aliphatic rings. The van der Waals surface area contributed by atoms with Crippen molar-refractivity contribution in [2.75, 3.05) is 21.2 Å². The number of aromatic amines is 1. The molecule has 0 fully saturated rings. The Kier molecular flexibility index (Phi) is 5.49. The zero-order valence-electron chi connectivity index (χ0n) is 18.6. The molecular weight excluding hydrogens is 454 g/mol. The lowest BCUT2D eigenvalue weighted by Crippen LogP contribution is -2.26. The number of imidazole rings is 1. The van der Waals surface area contributed by atoms with Crippen LogP contribution in [0.25, 0.3) is 17.5 Å². The molecule has 1 aromatic carbocycles. The minimum Gasteiger partial charge on any atom is -0.378 e. The van der Waals surface area contributed by atoms with Crippen LogP contribution >= 0.6 is 0 Å². The highest BCUT2D eigenvalue weighted by Gasteiger charge is 2.21. The summed E-state index contributed by atoms with van der Waals surface area (Å²) in [5, 5.41) is 7.56. The van der Waals surface area contributed by atoms with Crippen LogP contribution in [-0.4, -0.2) is 44.4 Å². The van der Waals surface area contributed by atoms with Crippen LogP contribution in [0.3, 0.4) is 0 Å². The normalized spacial score (nSPS) is 13.1. The molecule has 3 N–H and O–H groups in total. The molecule has 5 rings (SSSR count). The second-order valence-electron chi connectivity index (χ2n) is 7.90. The molecule has 1 aliphatic heterocycles. The second kappa shape index (κ2) is 8.63. The number of nitrogens with one attached hydrogen (secondary N) is 3. The fourth-order valence-electron chi connectivity index (χ4n) is 3.65. The lowest BCUT2D eigenvalue weighted by molar-refractivity contribution is 0.600. The minimum absolute atomic E-state index is 0.396. The van der Waals surface area contributed by atoms with E-state index in [1.54, 1.807) is 22.9 Å². The summed E-state index contributed by atoms with van der Waals surface area (Å²) in [6, 6.07) is 12.9. The fourth-order valence-corrected chi connectivity index (χ4v) is 4.21. The van der Waals surface area contributed by atoms with Gasteiger partial charge in [0.25, 0.3) is 0 Å². The topological polar surface area (TPSA) is 134 Å². The molecule has 0 radical (unpaired) electrons. The van der Waals surface area contributed by atoms with Crippen LogP contribution in [0.5, 0.6) is 0 Å². The number of anilines is 3. The second-order valence-corrected chi connectivity index (χ2v) is 9.65. The number of hydrogen-bond acceptors (Lipinski definition) is 8. The average molecular weight is 478 g/mol. The van der Waals surface area contributed by atoms with Gasteiger partial charge in [-0.05, 0) is 43.3 Å². The first-order valence-electron chi connectivity index (χ1n) is 10.5. The summed E-state index contributed by atoms with van der Waals surface area (Å²) in [5.41, 5.74) is 3.72. The predicted molar refractivity (Wildman–Crippen MR) is 130 cm³/mol. The molecule has 174 valence electrons. The van der Waals surface area contributed by atoms with E-state index in [0.717, 1.165) is 40.7 Å². The third-order valence-electron chi connectivity index (χ3n) is 5.11. The molecule has 0 unspecified atom stereocenters. The van der Waals surface area contributed by atoms with E-state index in [9.17, 15) is 8.42 Å². The van der Waals surface area contributed by atoms with Gasteiger partial charge >= 0.3 is 0 Å². The van der Waals surface area contributed by atoms with Gasteiger partial charge < -0.3 is 15.2 Å². The maximum absolute atomic E-state index is 11.5. The Balaban J connectivity index is 1.42. The Bertz CT molecular complexity index is 1470. The number of benzene rings is 1. The first-order valence-corrected chi connectivity index (χ1v) is 12.4. The molecule has 0 saturated heterocycles. The molecule has 4 heterocycles. The number of pyridine rings is 1. The van der Waals surface area contributed by atoms with Crippen molar-refractivity contribution in [3.8, 4) is 11.4 Å². The van der Waals surface area contributed by atoms with E-state index in [1.807, 2.05) is 48.4 Å². The Morgan fingerprint density at radius 3 is 2.76 bits per heavy atom. The molecule has 11 nitrogen and oxygen atoms in total. The number of hydrogen-bond donors (Lipinski definition) is 3. The van der Waals surface area contributed by atoms with Crippen molar-refractivity contribution >= 4 is 33.3 Å². The van der Waals surface area contributed by atoms with Crippen molar-refractivity contribution in [3.05, 3.63) is 72.3 Å². The predicted octanol–water partition coefficient (Wildman–Crippen LogP) is 2.80. The van der Waals surface area contributed by atoms with Crippen LogP contribution in [-0.2, 0) is 23.2 Å². The Labute approximate surface area is 196 Å². The Morgan fingerprint density at radius 1 is 1.12 bits per heavy atom. The van der Waals surface area contributed by atoms with Gasteiger partial charge in [0.1, 0.15) is 24.5 Å². The maximum Gasteiger partial charge on any atom is 0.229 e. The quantitative estimate of drug-likeness (QED) is 0.370. The highest BCUT2D eigenvalue weighted by molar-refractivity contribution is 7.92. The van der Waals surface area contributed by atoms with Crippen molar-refractivity contribution in [2.24, 2.45) is 0 Å². The fraction of sp³-hybridized carbons (Fsp3) is 0.182. The maximum atomic E-state index is 11.5. The van der Waals surface area contributed by atoms with Crippen LogP contribution < -0.4 is 14.9 Å². The summed E-state index contributed by atoms with van der Waals surface area (Å²) in [6.45, 7) is 2.82. The van der Waals surface area contributed by atoms with Gasteiger partial charge in [-0.25, -0.2) is 23.1 Å². The summed E-state index contributed by atoms with van der Waals surface area (Å²) in [6.07, 6.45) is 6.46. The average Bonchev–Trinajstić information content (AvgIpc) is 3.43. The summed E-state index contributed by atoms with van der Waals surface area (Å²) in [7, 11) is -3.35. The Hall–Kier alpha value is -4.19. The summed E-state index contributed by atoms with van der Waals surface area (Å²) in [4.78, 5) is 19.1. The number of aromatic nitrogens is 6. The SMILES string of the molecule is Cc1cccc(-c2[nH]c(CNc3cccc(NS(C)(=O)=O)c3)nc2N2C=Cc3ncnn3C2)n1. The number of nitrogens with zero attached hydrogens (tertiary/aromatic N) is 6. The number of sulfonamides is 1. The van der Waals surface area contributed by atoms with E-state index in [0.29, 0.717) is 24.7 Å². The van der Waals surface area contributed by atoms with Crippen molar-refractivity contribution < 1.29 is 8.42 Å². The van der Waals surface area contributed by atoms with Crippen molar-refractivity contribution in [1.82, 2.24) is 29.7 Å². The number of fused-ring (bicyclic) bond motifs is 1. The third kappa shape index (κ3) is 4.76. The molecule has 12 heteroatoms. The minimum atomic E-state index is -3.35. The van der Waals surface area contributed by atoms with Gasteiger partial charge in [0.15, 0.2) is 11.6 Å². The molecule has 0 amide bonds. The molecular formula is C22H23N9O2S. The number of rotatable bonds is 7. The van der Waals surface area contributed by atoms with Gasteiger partial charge in [-0.2, -0.15) is 5.10 Å². The van der Waals surface area contributed by atoms with E-state index in [1.165, 1.54) is 6.33 Å². The lowest BCUT2D eigenvalue weighted by Gasteiger charge is -2.22. The smallest absolute Gasteiger partial charge is 0.229 e. The van der Waals surface area contributed by atoms with Crippen LogP contribution in [0.15, 0.2) is 55.0 Å². The largest absolute Gasteiger partial charge is 0.378 e. The summed E-state index contributed by atoms with van der Waals surface area (Å²) < 4.78 is 27.3. The molecule has 0 saturated carbocycles. The van der Waals surface area contributed by atoms with Gasteiger partial charge in [-0.3, -0.25) is 9.71 Å².